The van der Waals surface area contributed by atoms with E-state index in [1.165, 1.54) is 0 Å². The van der Waals surface area contributed by atoms with Crippen molar-refractivity contribution in [1.82, 2.24) is 24.3 Å². The second-order valence-corrected chi connectivity index (χ2v) is 2.91. The summed E-state index contributed by atoms with van der Waals surface area (Å²) in [5, 5.41) is 0. The average molecular weight is 185 g/mol. The van der Waals surface area contributed by atoms with Crippen molar-refractivity contribution in [3.05, 3.63) is 37.3 Å². The molecule has 1 N–H and O–H groups in total. The van der Waals surface area contributed by atoms with Crippen molar-refractivity contribution < 1.29 is 0 Å². The second kappa shape index (κ2) is 2.66. The second-order valence-electron chi connectivity index (χ2n) is 2.91. The molecule has 5 nitrogen and oxygen atoms in total. The van der Waals surface area contributed by atoms with Gasteiger partial charge in [0.1, 0.15) is 0 Å². The normalized spacial score (nSPS) is 10.9. The fourth-order valence-electron chi connectivity index (χ4n) is 1.44. The monoisotopic (exact) mass is 185 g/mol. The maximum atomic E-state index is 4.23. The molecule has 0 aromatic carbocycles. The van der Waals surface area contributed by atoms with Gasteiger partial charge in [-0.05, 0) is 0 Å². The van der Waals surface area contributed by atoms with Gasteiger partial charge in [0.05, 0.1) is 36.3 Å². The Bertz CT molecular complexity index is 551. The highest BCUT2D eigenvalue weighted by atomic mass is 15.0. The lowest BCUT2D eigenvalue weighted by molar-refractivity contribution is 1.12. The third-order valence-electron chi connectivity index (χ3n) is 2.09. The predicted molar refractivity (Wildman–Crippen MR) is 50.6 cm³/mol. The van der Waals surface area contributed by atoms with Crippen LogP contribution in [0.25, 0.3) is 17.0 Å². The lowest BCUT2D eigenvalue weighted by Gasteiger charge is -1.96. The molecule has 0 amide bonds. The van der Waals surface area contributed by atoms with Crippen LogP contribution in [0.2, 0.25) is 0 Å². The molecule has 3 aromatic heterocycles. The van der Waals surface area contributed by atoms with Gasteiger partial charge >= 0.3 is 0 Å². The van der Waals surface area contributed by atoms with Gasteiger partial charge in [0.2, 0.25) is 0 Å². The Hall–Kier alpha value is -2.17. The lowest BCUT2D eigenvalue weighted by atomic mass is 10.3. The van der Waals surface area contributed by atoms with Gasteiger partial charge in [-0.2, -0.15) is 0 Å². The number of aromatic amines is 1. The molecule has 0 atom stereocenters. The molecule has 0 unspecified atom stereocenters. The van der Waals surface area contributed by atoms with E-state index in [-0.39, 0.29) is 0 Å². The zero-order chi connectivity index (χ0) is 9.38. The van der Waals surface area contributed by atoms with Gasteiger partial charge in [-0.3, -0.25) is 9.38 Å². The topological polar surface area (TPSA) is 58.9 Å². The maximum Gasteiger partial charge on any atom is 0.155 e. The van der Waals surface area contributed by atoms with E-state index in [0.29, 0.717) is 0 Å². The number of nitrogens with zero attached hydrogens (tertiary/aromatic N) is 4. The molecule has 3 aromatic rings. The van der Waals surface area contributed by atoms with Crippen LogP contribution in [-0.2, 0) is 0 Å². The molecule has 14 heavy (non-hydrogen) atoms. The summed E-state index contributed by atoms with van der Waals surface area (Å²) in [5.74, 6) is 0. The minimum absolute atomic E-state index is 0.831. The quantitative estimate of drug-likeness (QED) is 0.618. The molecule has 0 fully saturated rings. The molecule has 3 rings (SSSR count). The lowest BCUT2D eigenvalue weighted by Crippen LogP contribution is -1.88. The summed E-state index contributed by atoms with van der Waals surface area (Å²) in [5.41, 5.74) is 2.76. The van der Waals surface area contributed by atoms with Crippen molar-refractivity contribution in [1.29, 1.82) is 0 Å². The Balaban J connectivity index is 2.33. The molecule has 5 heteroatoms. The van der Waals surface area contributed by atoms with E-state index in [2.05, 4.69) is 19.9 Å². The van der Waals surface area contributed by atoms with E-state index in [1.807, 2.05) is 10.6 Å². The zero-order valence-corrected chi connectivity index (χ0v) is 7.25. The van der Waals surface area contributed by atoms with Crippen LogP contribution in [0.3, 0.4) is 0 Å². The molecule has 0 radical (unpaired) electrons. The summed E-state index contributed by atoms with van der Waals surface area (Å²) in [6, 6.07) is 0. The van der Waals surface area contributed by atoms with Crippen molar-refractivity contribution >= 4 is 5.65 Å². The number of hydrogen-bond acceptors (Lipinski definition) is 3. The number of imidazole rings is 2. The SMILES string of the molecule is c1cn2c(-c3cnc[nH]3)cnc2cn1. The molecule has 68 valence electrons. The number of fused-ring (bicyclic) bond motifs is 1. The van der Waals surface area contributed by atoms with E-state index in [1.54, 1.807) is 31.1 Å². The molecule has 0 aliphatic heterocycles. The van der Waals surface area contributed by atoms with Crippen LogP contribution in [0, 0.1) is 0 Å². The summed E-state index contributed by atoms with van der Waals surface area (Å²) >= 11 is 0. The average Bonchev–Trinajstić information content (AvgIpc) is 2.85. The number of H-pyrrole nitrogens is 1. The Morgan fingerprint density at radius 3 is 3.00 bits per heavy atom. The van der Waals surface area contributed by atoms with Gasteiger partial charge in [0.25, 0.3) is 0 Å². The van der Waals surface area contributed by atoms with E-state index >= 15 is 0 Å². The molecular weight excluding hydrogens is 178 g/mol. The Labute approximate surface area is 79.5 Å². The van der Waals surface area contributed by atoms with Crippen LogP contribution in [0.1, 0.15) is 0 Å². The van der Waals surface area contributed by atoms with E-state index in [4.69, 9.17) is 0 Å². The largest absolute Gasteiger partial charge is 0.343 e. The summed E-state index contributed by atoms with van der Waals surface area (Å²) in [7, 11) is 0. The first-order valence-electron chi connectivity index (χ1n) is 4.21. The fourth-order valence-corrected chi connectivity index (χ4v) is 1.44. The molecule has 0 spiro atoms. The molecule has 0 aliphatic rings. The van der Waals surface area contributed by atoms with Crippen LogP contribution in [-0.4, -0.2) is 24.3 Å². The highest BCUT2D eigenvalue weighted by molar-refractivity contribution is 5.58. The molecule has 3 heterocycles. The number of hydrogen-bond donors (Lipinski definition) is 1. The molecule has 0 saturated heterocycles. The van der Waals surface area contributed by atoms with Gasteiger partial charge in [-0.25, -0.2) is 9.97 Å². The van der Waals surface area contributed by atoms with Gasteiger partial charge in [0, 0.05) is 12.4 Å². The molecule has 0 saturated carbocycles. The van der Waals surface area contributed by atoms with Crippen molar-refractivity contribution in [3.63, 3.8) is 0 Å². The van der Waals surface area contributed by atoms with Gasteiger partial charge < -0.3 is 4.98 Å². The third-order valence-corrected chi connectivity index (χ3v) is 2.09. The molecular formula is C9H7N5. The first-order valence-corrected chi connectivity index (χ1v) is 4.21. The van der Waals surface area contributed by atoms with Crippen LogP contribution in [0.5, 0.6) is 0 Å². The Kier molecular flexibility index (Phi) is 1.38. The van der Waals surface area contributed by atoms with Crippen LogP contribution < -0.4 is 0 Å². The first-order chi connectivity index (χ1) is 6.95. The maximum absolute atomic E-state index is 4.23. The van der Waals surface area contributed by atoms with E-state index in [9.17, 15) is 0 Å². The summed E-state index contributed by atoms with van der Waals surface area (Å²) in [4.78, 5) is 15.2. The van der Waals surface area contributed by atoms with Crippen molar-refractivity contribution in [2.24, 2.45) is 0 Å². The molecule has 0 aliphatic carbocycles. The van der Waals surface area contributed by atoms with Crippen LogP contribution in [0.4, 0.5) is 0 Å². The van der Waals surface area contributed by atoms with Crippen LogP contribution >= 0.6 is 0 Å². The summed E-state index contributed by atoms with van der Waals surface area (Å²) in [6.45, 7) is 0. The highest BCUT2D eigenvalue weighted by Crippen LogP contribution is 2.16. The summed E-state index contributed by atoms with van der Waals surface area (Å²) < 4.78 is 1.96. The summed E-state index contributed by atoms with van der Waals surface area (Å²) in [6.07, 6.45) is 10.5. The number of aromatic nitrogens is 5. The van der Waals surface area contributed by atoms with E-state index < -0.39 is 0 Å². The molecule has 0 bridgehead atoms. The Morgan fingerprint density at radius 1 is 1.14 bits per heavy atom. The highest BCUT2D eigenvalue weighted by Gasteiger charge is 2.05. The minimum atomic E-state index is 0.831. The number of rotatable bonds is 1. The minimum Gasteiger partial charge on any atom is -0.343 e. The Morgan fingerprint density at radius 2 is 2.14 bits per heavy atom. The third kappa shape index (κ3) is 0.922. The zero-order valence-electron chi connectivity index (χ0n) is 7.25. The van der Waals surface area contributed by atoms with Crippen LogP contribution in [0.15, 0.2) is 37.3 Å². The first kappa shape index (κ1) is 7.25. The fraction of sp³-hybridized carbons (Fsp3) is 0. The van der Waals surface area contributed by atoms with E-state index in [0.717, 1.165) is 17.0 Å². The smallest absolute Gasteiger partial charge is 0.155 e. The predicted octanol–water partition coefficient (Wildman–Crippen LogP) is 1.12. The van der Waals surface area contributed by atoms with Crippen molar-refractivity contribution in [2.45, 2.75) is 0 Å². The van der Waals surface area contributed by atoms with Gasteiger partial charge in [-0.1, -0.05) is 0 Å². The van der Waals surface area contributed by atoms with Gasteiger partial charge in [-0.15, -0.1) is 0 Å². The van der Waals surface area contributed by atoms with Crippen molar-refractivity contribution in [3.8, 4) is 11.4 Å². The van der Waals surface area contributed by atoms with Crippen molar-refractivity contribution in [2.75, 3.05) is 0 Å². The number of nitrogens with one attached hydrogen (secondary N) is 1. The van der Waals surface area contributed by atoms with Gasteiger partial charge in [0.15, 0.2) is 5.65 Å². The standard InChI is InChI=1S/C9H7N5/c1-2-14-8(7-3-11-6-13-7)4-12-9(14)5-10-1/h1-6H,(H,11,13).